The van der Waals surface area contributed by atoms with Crippen molar-refractivity contribution >= 4 is 28.7 Å². The van der Waals surface area contributed by atoms with Crippen molar-refractivity contribution < 1.29 is 23.5 Å². The molecule has 2 aromatic carbocycles. The number of fused-ring (bicyclic) bond motifs is 1. The van der Waals surface area contributed by atoms with Gasteiger partial charge in [-0.25, -0.2) is 9.18 Å². The molecule has 3 aromatic rings. The molecule has 1 aromatic heterocycles. The Balaban J connectivity index is 1.51. The average molecular weight is 425 g/mol. The quantitative estimate of drug-likeness (QED) is 0.458. The molecule has 1 heterocycles. The fourth-order valence-corrected chi connectivity index (χ4v) is 3.24. The molecule has 2 amide bonds. The summed E-state index contributed by atoms with van der Waals surface area (Å²) in [5, 5.41) is 6.18. The minimum Gasteiger partial charge on any atom is -0.454 e. The molecule has 162 valence electrons. The first-order valence-corrected chi connectivity index (χ1v) is 9.92. The topological polar surface area (TPSA) is 100 Å². The minimum atomic E-state index is -0.913. The van der Waals surface area contributed by atoms with Crippen LogP contribution in [0.3, 0.4) is 0 Å². The van der Waals surface area contributed by atoms with Crippen molar-refractivity contribution in [3.8, 4) is 0 Å². The van der Waals surface area contributed by atoms with Gasteiger partial charge in [-0.3, -0.25) is 9.59 Å². The molecule has 8 heteroatoms. The lowest BCUT2D eigenvalue weighted by atomic mass is 10.0. The number of amides is 2. The van der Waals surface area contributed by atoms with Crippen molar-refractivity contribution in [3.05, 3.63) is 71.7 Å². The van der Waals surface area contributed by atoms with E-state index in [1.165, 1.54) is 19.1 Å². The molecule has 0 fully saturated rings. The van der Waals surface area contributed by atoms with Gasteiger partial charge in [-0.15, -0.1) is 0 Å². The number of hydrogen-bond acceptors (Lipinski definition) is 4. The molecular formula is C23H24FN3O4. The first-order valence-electron chi connectivity index (χ1n) is 9.92. The van der Waals surface area contributed by atoms with Crippen LogP contribution < -0.4 is 10.6 Å². The van der Waals surface area contributed by atoms with Crippen molar-refractivity contribution in [2.75, 3.05) is 13.2 Å². The third kappa shape index (κ3) is 6.40. The maximum atomic E-state index is 12.9. The molecule has 0 saturated heterocycles. The number of H-pyrrole nitrogens is 1. The zero-order valence-electron chi connectivity index (χ0n) is 17.1. The van der Waals surface area contributed by atoms with Gasteiger partial charge >= 0.3 is 5.97 Å². The maximum Gasteiger partial charge on any atom is 0.329 e. The molecular weight excluding hydrogens is 401 g/mol. The van der Waals surface area contributed by atoms with Gasteiger partial charge in [-0.1, -0.05) is 30.3 Å². The van der Waals surface area contributed by atoms with E-state index in [9.17, 15) is 18.8 Å². The molecule has 31 heavy (non-hydrogen) atoms. The molecule has 0 spiro atoms. The Labute approximate surface area is 179 Å². The minimum absolute atomic E-state index is 0.231. The summed E-state index contributed by atoms with van der Waals surface area (Å²) in [4.78, 5) is 39.2. The lowest BCUT2D eigenvalue weighted by Crippen LogP contribution is -2.43. The van der Waals surface area contributed by atoms with E-state index in [1.54, 1.807) is 18.3 Å². The molecule has 1 unspecified atom stereocenters. The number of carbonyl (C=O) groups is 3. The van der Waals surface area contributed by atoms with Crippen LogP contribution in [-0.2, 0) is 32.0 Å². The molecule has 7 nitrogen and oxygen atoms in total. The lowest BCUT2D eigenvalue weighted by molar-refractivity contribution is -0.151. The Morgan fingerprint density at radius 2 is 1.84 bits per heavy atom. The summed E-state index contributed by atoms with van der Waals surface area (Å²) in [6.45, 7) is 1.19. The molecule has 0 radical (unpaired) electrons. The van der Waals surface area contributed by atoms with Gasteiger partial charge in [0, 0.05) is 37.0 Å². The van der Waals surface area contributed by atoms with Crippen molar-refractivity contribution in [2.45, 2.75) is 25.8 Å². The van der Waals surface area contributed by atoms with E-state index in [-0.39, 0.29) is 18.1 Å². The van der Waals surface area contributed by atoms with Crippen LogP contribution in [0.5, 0.6) is 0 Å². The monoisotopic (exact) mass is 425 g/mol. The van der Waals surface area contributed by atoms with Gasteiger partial charge < -0.3 is 20.4 Å². The number of carbonyl (C=O) groups excluding carboxylic acids is 3. The first-order chi connectivity index (χ1) is 14.9. The highest BCUT2D eigenvalue weighted by Gasteiger charge is 2.23. The number of halogens is 1. The van der Waals surface area contributed by atoms with Crippen LogP contribution >= 0.6 is 0 Å². The van der Waals surface area contributed by atoms with E-state index in [0.717, 1.165) is 22.0 Å². The second kappa shape index (κ2) is 10.4. The summed E-state index contributed by atoms with van der Waals surface area (Å²) >= 11 is 0. The molecule has 0 aliphatic heterocycles. The number of nitrogens with one attached hydrogen (secondary N) is 3. The average Bonchev–Trinajstić information content (AvgIpc) is 3.15. The Bertz CT molecular complexity index is 1060. The predicted molar refractivity (Wildman–Crippen MR) is 114 cm³/mol. The molecule has 3 N–H and O–H groups in total. The summed E-state index contributed by atoms with van der Waals surface area (Å²) in [5.41, 5.74) is 2.66. The van der Waals surface area contributed by atoms with Gasteiger partial charge in [0.15, 0.2) is 6.61 Å². The van der Waals surface area contributed by atoms with Crippen LogP contribution in [0, 0.1) is 5.82 Å². The number of benzene rings is 2. The molecule has 3 rings (SSSR count). The number of hydrogen-bond donors (Lipinski definition) is 3. The Hall–Kier alpha value is -3.68. The van der Waals surface area contributed by atoms with Gasteiger partial charge in [0.05, 0.1) is 0 Å². The highest BCUT2D eigenvalue weighted by Crippen LogP contribution is 2.19. The fourth-order valence-electron chi connectivity index (χ4n) is 3.24. The summed E-state index contributed by atoms with van der Waals surface area (Å²) in [5.74, 6) is -1.83. The Morgan fingerprint density at radius 1 is 1.10 bits per heavy atom. The molecule has 0 saturated carbocycles. The van der Waals surface area contributed by atoms with Crippen LogP contribution in [0.1, 0.15) is 18.1 Å². The van der Waals surface area contributed by atoms with E-state index in [0.29, 0.717) is 13.0 Å². The van der Waals surface area contributed by atoms with E-state index in [1.807, 2.05) is 24.3 Å². The van der Waals surface area contributed by atoms with E-state index < -0.39 is 24.5 Å². The van der Waals surface area contributed by atoms with Crippen molar-refractivity contribution in [2.24, 2.45) is 0 Å². The second-order valence-electron chi connectivity index (χ2n) is 7.15. The third-order valence-corrected chi connectivity index (χ3v) is 4.76. The number of aromatic amines is 1. The zero-order chi connectivity index (χ0) is 22.2. The third-order valence-electron chi connectivity index (χ3n) is 4.76. The largest absolute Gasteiger partial charge is 0.454 e. The van der Waals surface area contributed by atoms with Gasteiger partial charge in [0.1, 0.15) is 11.9 Å². The number of aromatic nitrogens is 1. The Morgan fingerprint density at radius 3 is 2.58 bits per heavy atom. The van der Waals surface area contributed by atoms with E-state index in [2.05, 4.69) is 15.6 Å². The first kappa shape index (κ1) is 22.0. The van der Waals surface area contributed by atoms with Crippen LogP contribution in [-0.4, -0.2) is 42.0 Å². The number of para-hydroxylation sites is 1. The van der Waals surface area contributed by atoms with Crippen LogP contribution in [0.15, 0.2) is 54.7 Å². The zero-order valence-corrected chi connectivity index (χ0v) is 17.1. The number of esters is 1. The smallest absolute Gasteiger partial charge is 0.329 e. The van der Waals surface area contributed by atoms with Crippen LogP contribution in [0.2, 0.25) is 0 Å². The van der Waals surface area contributed by atoms with Crippen molar-refractivity contribution in [3.63, 3.8) is 0 Å². The number of ether oxygens (including phenoxy) is 1. The van der Waals surface area contributed by atoms with Gasteiger partial charge in [-0.2, -0.15) is 0 Å². The molecule has 0 bridgehead atoms. The highest BCUT2D eigenvalue weighted by molar-refractivity contribution is 5.88. The second-order valence-corrected chi connectivity index (χ2v) is 7.15. The lowest BCUT2D eigenvalue weighted by Gasteiger charge is -2.16. The van der Waals surface area contributed by atoms with Crippen LogP contribution in [0.25, 0.3) is 10.9 Å². The maximum absolute atomic E-state index is 12.9. The Kier molecular flexibility index (Phi) is 7.37. The van der Waals surface area contributed by atoms with Gasteiger partial charge in [-0.05, 0) is 35.7 Å². The predicted octanol–water partition coefficient (Wildman–Crippen LogP) is 2.26. The fraction of sp³-hybridized carbons (Fsp3) is 0.261. The number of rotatable bonds is 9. The SMILES string of the molecule is CC(=O)NC(Cc1c[nH]c2ccccc12)C(=O)OCC(=O)NCCc1ccc(F)cc1. The van der Waals surface area contributed by atoms with E-state index >= 15 is 0 Å². The van der Waals surface area contributed by atoms with E-state index in [4.69, 9.17) is 4.74 Å². The van der Waals surface area contributed by atoms with Crippen molar-refractivity contribution in [1.82, 2.24) is 15.6 Å². The highest BCUT2D eigenvalue weighted by atomic mass is 19.1. The molecule has 0 aliphatic rings. The van der Waals surface area contributed by atoms with Crippen molar-refractivity contribution in [1.29, 1.82) is 0 Å². The van der Waals surface area contributed by atoms with Gasteiger partial charge in [0.25, 0.3) is 5.91 Å². The summed E-state index contributed by atoms with van der Waals surface area (Å²) < 4.78 is 18.0. The standard InChI is InChI=1S/C23H24FN3O4/c1-15(28)27-21(12-17-13-26-20-5-3-2-4-19(17)20)23(30)31-14-22(29)25-11-10-16-6-8-18(24)9-7-16/h2-9,13,21,26H,10-12,14H2,1H3,(H,25,29)(H,27,28). The summed E-state index contributed by atoms with van der Waals surface area (Å²) in [6, 6.07) is 12.7. The van der Waals surface area contributed by atoms with Gasteiger partial charge in [0.2, 0.25) is 5.91 Å². The normalized spacial score (nSPS) is 11.7. The summed E-state index contributed by atoms with van der Waals surface area (Å²) in [6.07, 6.45) is 2.54. The molecule has 1 atom stereocenters. The molecule has 0 aliphatic carbocycles. The van der Waals surface area contributed by atoms with Crippen LogP contribution in [0.4, 0.5) is 4.39 Å². The summed E-state index contributed by atoms with van der Waals surface area (Å²) in [7, 11) is 0.